The molecule has 1 aliphatic heterocycles. The molecule has 15 heavy (non-hydrogen) atoms. The van der Waals surface area contributed by atoms with E-state index in [2.05, 4.69) is 23.8 Å². The van der Waals surface area contributed by atoms with Gasteiger partial charge in [-0.1, -0.05) is 6.92 Å². The first-order chi connectivity index (χ1) is 7.13. The molecule has 0 amide bonds. The van der Waals surface area contributed by atoms with Gasteiger partial charge >= 0.3 is 0 Å². The zero-order valence-electron chi connectivity index (χ0n) is 10.2. The quantitative estimate of drug-likeness (QED) is 0.733. The largest absolute Gasteiger partial charge is 0.324 e. The van der Waals surface area contributed by atoms with Crippen LogP contribution in [0, 0.1) is 0 Å². The normalized spacial score (nSPS) is 30.0. The standard InChI is InChI=1S/C12H25N3/c1-3-15-8-4-5-11(15)9-14(2)10-12(13)6-7-12/h11H,3-10,13H2,1-2H3. The predicted octanol–water partition coefficient (Wildman–Crippen LogP) is 0.894. The summed E-state index contributed by atoms with van der Waals surface area (Å²) in [6.07, 6.45) is 5.19. The highest BCUT2D eigenvalue weighted by molar-refractivity contribution is 5.01. The number of rotatable bonds is 5. The maximum absolute atomic E-state index is 6.13. The molecule has 0 radical (unpaired) electrons. The molecule has 0 spiro atoms. The third-order valence-corrected chi connectivity index (χ3v) is 3.90. The third-order valence-electron chi connectivity index (χ3n) is 3.90. The second-order valence-corrected chi connectivity index (χ2v) is 5.48. The zero-order chi connectivity index (χ0) is 10.9. The van der Waals surface area contributed by atoms with Crippen LogP contribution < -0.4 is 5.73 Å². The molecule has 2 fully saturated rings. The van der Waals surface area contributed by atoms with Crippen molar-refractivity contribution in [3.63, 3.8) is 0 Å². The van der Waals surface area contributed by atoms with Crippen molar-refractivity contribution < 1.29 is 0 Å². The summed E-state index contributed by atoms with van der Waals surface area (Å²) < 4.78 is 0. The second kappa shape index (κ2) is 4.40. The first kappa shape index (κ1) is 11.4. The molecule has 1 atom stereocenters. The highest BCUT2D eigenvalue weighted by Crippen LogP contribution is 2.32. The van der Waals surface area contributed by atoms with Crippen LogP contribution in [0.25, 0.3) is 0 Å². The van der Waals surface area contributed by atoms with Crippen LogP contribution in [0.4, 0.5) is 0 Å². The van der Waals surface area contributed by atoms with E-state index in [9.17, 15) is 0 Å². The summed E-state index contributed by atoms with van der Waals surface area (Å²) in [5.41, 5.74) is 6.30. The average Bonchev–Trinajstić information content (AvgIpc) is 2.75. The van der Waals surface area contributed by atoms with Gasteiger partial charge in [-0.3, -0.25) is 4.90 Å². The minimum absolute atomic E-state index is 0.171. The van der Waals surface area contributed by atoms with Crippen molar-refractivity contribution in [2.24, 2.45) is 5.73 Å². The molecule has 0 bridgehead atoms. The molecule has 1 aliphatic carbocycles. The molecule has 1 heterocycles. The van der Waals surface area contributed by atoms with Crippen molar-refractivity contribution in [1.82, 2.24) is 9.80 Å². The van der Waals surface area contributed by atoms with E-state index in [4.69, 9.17) is 5.73 Å². The van der Waals surface area contributed by atoms with Crippen LogP contribution in [-0.4, -0.2) is 54.6 Å². The topological polar surface area (TPSA) is 32.5 Å². The minimum Gasteiger partial charge on any atom is -0.324 e. The summed E-state index contributed by atoms with van der Waals surface area (Å²) in [5, 5.41) is 0. The predicted molar refractivity (Wildman–Crippen MR) is 63.9 cm³/mol. The Morgan fingerprint density at radius 2 is 2.20 bits per heavy atom. The maximum Gasteiger partial charge on any atom is 0.0284 e. The van der Waals surface area contributed by atoms with Gasteiger partial charge in [-0.15, -0.1) is 0 Å². The maximum atomic E-state index is 6.13. The molecule has 1 unspecified atom stereocenters. The van der Waals surface area contributed by atoms with Gasteiger partial charge in [-0.2, -0.15) is 0 Å². The van der Waals surface area contributed by atoms with Crippen LogP contribution in [-0.2, 0) is 0 Å². The van der Waals surface area contributed by atoms with E-state index in [-0.39, 0.29) is 5.54 Å². The van der Waals surface area contributed by atoms with Gasteiger partial charge in [0.2, 0.25) is 0 Å². The number of nitrogens with zero attached hydrogens (tertiary/aromatic N) is 2. The Kier molecular flexibility index (Phi) is 3.33. The smallest absolute Gasteiger partial charge is 0.0284 e. The van der Waals surface area contributed by atoms with E-state index in [1.54, 1.807) is 0 Å². The van der Waals surface area contributed by atoms with Gasteiger partial charge in [0, 0.05) is 24.7 Å². The van der Waals surface area contributed by atoms with E-state index >= 15 is 0 Å². The first-order valence-corrected chi connectivity index (χ1v) is 6.34. The van der Waals surface area contributed by atoms with Crippen molar-refractivity contribution in [1.29, 1.82) is 0 Å². The van der Waals surface area contributed by atoms with Crippen molar-refractivity contribution >= 4 is 0 Å². The molecule has 2 rings (SSSR count). The Labute approximate surface area is 93.6 Å². The minimum atomic E-state index is 0.171. The molecular weight excluding hydrogens is 186 g/mol. The average molecular weight is 211 g/mol. The second-order valence-electron chi connectivity index (χ2n) is 5.48. The fourth-order valence-corrected chi connectivity index (χ4v) is 2.80. The lowest BCUT2D eigenvalue weighted by Crippen LogP contribution is -2.44. The van der Waals surface area contributed by atoms with Crippen LogP contribution in [0.5, 0.6) is 0 Å². The monoisotopic (exact) mass is 211 g/mol. The number of likely N-dealkylation sites (tertiary alicyclic amines) is 1. The number of hydrogen-bond donors (Lipinski definition) is 1. The van der Waals surface area contributed by atoms with Gasteiger partial charge in [0.15, 0.2) is 0 Å². The lowest BCUT2D eigenvalue weighted by atomic mass is 10.2. The third kappa shape index (κ3) is 2.92. The van der Waals surface area contributed by atoms with E-state index in [1.165, 1.54) is 45.3 Å². The molecule has 0 aromatic rings. The number of hydrogen-bond acceptors (Lipinski definition) is 3. The van der Waals surface area contributed by atoms with Crippen LogP contribution in [0.15, 0.2) is 0 Å². The Balaban J connectivity index is 1.75. The number of nitrogens with two attached hydrogens (primary N) is 1. The van der Waals surface area contributed by atoms with Crippen LogP contribution in [0.2, 0.25) is 0 Å². The Morgan fingerprint density at radius 1 is 1.47 bits per heavy atom. The molecule has 3 nitrogen and oxygen atoms in total. The molecule has 88 valence electrons. The molecule has 2 N–H and O–H groups in total. The summed E-state index contributed by atoms with van der Waals surface area (Å²) in [5.74, 6) is 0. The van der Waals surface area contributed by atoms with Crippen molar-refractivity contribution in [3.05, 3.63) is 0 Å². The van der Waals surface area contributed by atoms with Gasteiger partial charge in [-0.05, 0) is 45.8 Å². The molecule has 0 aromatic carbocycles. The lowest BCUT2D eigenvalue weighted by Gasteiger charge is -2.29. The SMILES string of the molecule is CCN1CCCC1CN(C)CC1(N)CC1. The highest BCUT2D eigenvalue weighted by Gasteiger charge is 2.39. The first-order valence-electron chi connectivity index (χ1n) is 6.34. The fraction of sp³-hybridized carbons (Fsp3) is 1.00. The van der Waals surface area contributed by atoms with Gasteiger partial charge in [-0.25, -0.2) is 0 Å². The molecule has 1 saturated heterocycles. The van der Waals surface area contributed by atoms with E-state index in [1.807, 2.05) is 0 Å². The van der Waals surface area contributed by atoms with Gasteiger partial charge in [0.1, 0.15) is 0 Å². The van der Waals surface area contributed by atoms with Crippen LogP contribution >= 0.6 is 0 Å². The van der Waals surface area contributed by atoms with Crippen LogP contribution in [0.3, 0.4) is 0 Å². The van der Waals surface area contributed by atoms with Crippen molar-refractivity contribution in [2.75, 3.05) is 33.2 Å². The molecule has 3 heteroatoms. The summed E-state index contributed by atoms with van der Waals surface area (Å²) in [4.78, 5) is 5.04. The van der Waals surface area contributed by atoms with Gasteiger partial charge in [0.25, 0.3) is 0 Å². The van der Waals surface area contributed by atoms with Gasteiger partial charge < -0.3 is 10.6 Å². The Hall–Kier alpha value is -0.120. The molecule has 2 aliphatic rings. The van der Waals surface area contributed by atoms with Crippen LogP contribution in [0.1, 0.15) is 32.6 Å². The lowest BCUT2D eigenvalue weighted by molar-refractivity contribution is 0.190. The zero-order valence-corrected chi connectivity index (χ0v) is 10.2. The summed E-state index contributed by atoms with van der Waals surface area (Å²) in [7, 11) is 2.22. The van der Waals surface area contributed by atoms with Crippen molar-refractivity contribution in [3.8, 4) is 0 Å². The summed E-state index contributed by atoms with van der Waals surface area (Å²) in [6.45, 7) is 7.05. The Bertz CT molecular complexity index is 213. The highest BCUT2D eigenvalue weighted by atomic mass is 15.2. The number of likely N-dealkylation sites (N-methyl/N-ethyl adjacent to an activating group) is 2. The van der Waals surface area contributed by atoms with E-state index in [0.29, 0.717) is 0 Å². The van der Waals surface area contributed by atoms with Gasteiger partial charge in [0.05, 0.1) is 0 Å². The van der Waals surface area contributed by atoms with Crippen molar-refractivity contribution in [2.45, 2.75) is 44.2 Å². The summed E-state index contributed by atoms with van der Waals surface area (Å²) in [6, 6.07) is 0.780. The molecule has 1 saturated carbocycles. The fourth-order valence-electron chi connectivity index (χ4n) is 2.80. The van der Waals surface area contributed by atoms with E-state index < -0.39 is 0 Å². The molecule has 0 aromatic heterocycles. The Morgan fingerprint density at radius 3 is 2.80 bits per heavy atom. The molecular formula is C12H25N3. The summed E-state index contributed by atoms with van der Waals surface area (Å²) >= 11 is 0. The van der Waals surface area contributed by atoms with E-state index in [0.717, 1.165) is 12.6 Å².